The number of hydrogen-bond donors (Lipinski definition) is 1. The quantitative estimate of drug-likeness (QED) is 0.732. The first-order chi connectivity index (χ1) is 6.20. The SMILES string of the molecule is O=C(O)c1c(F)ccc2ccoc12. The van der Waals surface area contributed by atoms with Gasteiger partial charge in [-0.25, -0.2) is 9.18 Å². The van der Waals surface area contributed by atoms with Crippen LogP contribution in [0.25, 0.3) is 11.0 Å². The Hall–Kier alpha value is -1.84. The molecule has 0 aliphatic carbocycles. The van der Waals surface area contributed by atoms with Crippen LogP contribution in [-0.2, 0) is 0 Å². The largest absolute Gasteiger partial charge is 0.477 e. The van der Waals surface area contributed by atoms with Gasteiger partial charge in [-0.05, 0) is 18.2 Å². The molecule has 1 N–H and O–H groups in total. The highest BCUT2D eigenvalue weighted by atomic mass is 19.1. The van der Waals surface area contributed by atoms with Gasteiger partial charge < -0.3 is 9.52 Å². The molecule has 1 heterocycles. The monoisotopic (exact) mass is 180 g/mol. The smallest absolute Gasteiger partial charge is 0.342 e. The van der Waals surface area contributed by atoms with Gasteiger partial charge in [0.2, 0.25) is 0 Å². The fourth-order valence-electron chi connectivity index (χ4n) is 1.21. The molecule has 0 atom stereocenters. The molecule has 0 unspecified atom stereocenters. The summed E-state index contributed by atoms with van der Waals surface area (Å²) >= 11 is 0. The Morgan fingerprint density at radius 2 is 2.15 bits per heavy atom. The number of carboxylic acids is 1. The number of halogens is 1. The van der Waals surface area contributed by atoms with Crippen LogP contribution in [0.3, 0.4) is 0 Å². The second kappa shape index (κ2) is 2.58. The van der Waals surface area contributed by atoms with E-state index in [2.05, 4.69) is 0 Å². The lowest BCUT2D eigenvalue weighted by atomic mass is 10.1. The summed E-state index contributed by atoms with van der Waals surface area (Å²) in [7, 11) is 0. The molecule has 0 spiro atoms. The maximum atomic E-state index is 13.0. The molecule has 2 rings (SSSR count). The van der Waals surface area contributed by atoms with E-state index in [0.29, 0.717) is 5.39 Å². The van der Waals surface area contributed by atoms with Gasteiger partial charge in [-0.1, -0.05) is 0 Å². The zero-order valence-corrected chi connectivity index (χ0v) is 6.45. The molecule has 1 aromatic heterocycles. The second-order valence-electron chi connectivity index (χ2n) is 2.57. The van der Waals surface area contributed by atoms with Gasteiger partial charge in [0.15, 0.2) is 5.58 Å². The van der Waals surface area contributed by atoms with Crippen LogP contribution in [0, 0.1) is 5.82 Å². The van der Waals surface area contributed by atoms with Crippen LogP contribution < -0.4 is 0 Å². The van der Waals surface area contributed by atoms with E-state index < -0.39 is 17.3 Å². The van der Waals surface area contributed by atoms with Crippen molar-refractivity contribution in [2.75, 3.05) is 0 Å². The average molecular weight is 180 g/mol. The van der Waals surface area contributed by atoms with Crippen LogP contribution in [0.1, 0.15) is 10.4 Å². The minimum absolute atomic E-state index is 0.0764. The molecule has 0 fully saturated rings. The molecule has 0 saturated carbocycles. The van der Waals surface area contributed by atoms with Gasteiger partial charge >= 0.3 is 5.97 Å². The highest BCUT2D eigenvalue weighted by Gasteiger charge is 2.16. The van der Waals surface area contributed by atoms with E-state index in [-0.39, 0.29) is 5.58 Å². The number of hydrogen-bond acceptors (Lipinski definition) is 2. The minimum Gasteiger partial charge on any atom is -0.477 e. The highest BCUT2D eigenvalue weighted by Crippen LogP contribution is 2.22. The van der Waals surface area contributed by atoms with Crippen molar-refractivity contribution >= 4 is 16.9 Å². The lowest BCUT2D eigenvalue weighted by molar-refractivity contribution is 0.0693. The lowest BCUT2D eigenvalue weighted by Crippen LogP contribution is -2.00. The number of benzene rings is 1. The Labute approximate surface area is 72.4 Å². The average Bonchev–Trinajstić information content (AvgIpc) is 2.50. The Morgan fingerprint density at radius 1 is 1.38 bits per heavy atom. The fraction of sp³-hybridized carbons (Fsp3) is 0. The van der Waals surface area contributed by atoms with Gasteiger partial charge in [0.25, 0.3) is 0 Å². The Balaban J connectivity index is 2.88. The van der Waals surface area contributed by atoms with E-state index in [4.69, 9.17) is 9.52 Å². The van der Waals surface area contributed by atoms with Crippen LogP contribution in [-0.4, -0.2) is 11.1 Å². The summed E-state index contributed by atoms with van der Waals surface area (Å²) in [5.41, 5.74) is -0.338. The number of fused-ring (bicyclic) bond motifs is 1. The van der Waals surface area contributed by atoms with Gasteiger partial charge in [0.05, 0.1) is 6.26 Å². The number of aromatic carboxylic acids is 1. The van der Waals surface area contributed by atoms with Crippen LogP contribution in [0.4, 0.5) is 4.39 Å². The molecule has 66 valence electrons. The number of carbonyl (C=O) groups is 1. The molecule has 1 aromatic carbocycles. The van der Waals surface area contributed by atoms with E-state index >= 15 is 0 Å². The second-order valence-corrected chi connectivity index (χ2v) is 2.57. The van der Waals surface area contributed by atoms with Crippen molar-refractivity contribution in [1.82, 2.24) is 0 Å². The summed E-state index contributed by atoms with van der Waals surface area (Å²) in [6.07, 6.45) is 1.33. The summed E-state index contributed by atoms with van der Waals surface area (Å²) in [6, 6.07) is 4.17. The van der Waals surface area contributed by atoms with E-state index in [9.17, 15) is 9.18 Å². The van der Waals surface area contributed by atoms with Crippen LogP contribution in [0.15, 0.2) is 28.9 Å². The lowest BCUT2D eigenvalue weighted by Gasteiger charge is -1.96. The number of rotatable bonds is 1. The van der Waals surface area contributed by atoms with Crippen molar-refractivity contribution < 1.29 is 18.7 Å². The van der Waals surface area contributed by atoms with Crippen molar-refractivity contribution in [1.29, 1.82) is 0 Å². The van der Waals surface area contributed by atoms with Gasteiger partial charge in [-0.2, -0.15) is 0 Å². The number of furan rings is 1. The normalized spacial score (nSPS) is 10.5. The minimum atomic E-state index is -1.32. The summed E-state index contributed by atoms with van der Waals surface area (Å²) in [4.78, 5) is 10.6. The molecule has 0 aliphatic heterocycles. The summed E-state index contributed by atoms with van der Waals surface area (Å²) < 4.78 is 17.9. The van der Waals surface area contributed by atoms with E-state index in [1.165, 1.54) is 12.3 Å². The van der Waals surface area contributed by atoms with Crippen molar-refractivity contribution in [3.8, 4) is 0 Å². The molecule has 0 aliphatic rings. The van der Waals surface area contributed by atoms with Crippen LogP contribution in [0.5, 0.6) is 0 Å². The first-order valence-electron chi connectivity index (χ1n) is 3.59. The summed E-state index contributed by atoms with van der Waals surface area (Å²) in [5, 5.41) is 9.26. The fourth-order valence-corrected chi connectivity index (χ4v) is 1.21. The third kappa shape index (κ3) is 1.07. The molecule has 4 heteroatoms. The first kappa shape index (κ1) is 7.79. The molecule has 13 heavy (non-hydrogen) atoms. The molecule has 3 nitrogen and oxygen atoms in total. The predicted octanol–water partition coefficient (Wildman–Crippen LogP) is 2.27. The number of carboxylic acid groups (broad SMARTS) is 1. The van der Waals surface area contributed by atoms with Crippen LogP contribution in [0.2, 0.25) is 0 Å². The van der Waals surface area contributed by atoms with Crippen molar-refractivity contribution in [2.24, 2.45) is 0 Å². The molecular formula is C9H5FO3. The molecule has 0 amide bonds. The van der Waals surface area contributed by atoms with E-state index in [0.717, 1.165) is 6.07 Å². The predicted molar refractivity (Wildman–Crippen MR) is 43.1 cm³/mol. The van der Waals surface area contributed by atoms with Crippen molar-refractivity contribution in [3.63, 3.8) is 0 Å². The van der Waals surface area contributed by atoms with E-state index in [1.807, 2.05) is 0 Å². The molecule has 0 radical (unpaired) electrons. The first-order valence-corrected chi connectivity index (χ1v) is 3.59. The molecular weight excluding hydrogens is 175 g/mol. The van der Waals surface area contributed by atoms with Gasteiger partial charge in [-0.3, -0.25) is 0 Å². The Morgan fingerprint density at radius 3 is 2.85 bits per heavy atom. The standard InChI is InChI=1S/C9H5FO3/c10-6-2-1-5-3-4-13-8(5)7(6)9(11)12/h1-4H,(H,11,12). The summed E-state index contributed by atoms with van der Waals surface area (Å²) in [6.45, 7) is 0. The Kier molecular flexibility index (Phi) is 1.55. The highest BCUT2D eigenvalue weighted by molar-refractivity contribution is 6.01. The van der Waals surface area contributed by atoms with Crippen LogP contribution >= 0.6 is 0 Å². The third-order valence-electron chi connectivity index (χ3n) is 1.78. The van der Waals surface area contributed by atoms with Gasteiger partial charge in [-0.15, -0.1) is 0 Å². The third-order valence-corrected chi connectivity index (χ3v) is 1.78. The van der Waals surface area contributed by atoms with Gasteiger partial charge in [0.1, 0.15) is 11.4 Å². The van der Waals surface area contributed by atoms with Crippen molar-refractivity contribution in [2.45, 2.75) is 0 Å². The maximum absolute atomic E-state index is 13.0. The molecule has 0 bridgehead atoms. The van der Waals surface area contributed by atoms with Crippen molar-refractivity contribution in [3.05, 3.63) is 35.8 Å². The van der Waals surface area contributed by atoms with Gasteiger partial charge in [0, 0.05) is 5.39 Å². The molecule has 0 saturated heterocycles. The maximum Gasteiger partial charge on any atom is 0.342 e. The van der Waals surface area contributed by atoms with E-state index in [1.54, 1.807) is 6.07 Å². The summed E-state index contributed by atoms with van der Waals surface area (Å²) in [5.74, 6) is -2.10. The zero-order valence-electron chi connectivity index (χ0n) is 6.45. The Bertz CT molecular complexity index is 473. The zero-order chi connectivity index (χ0) is 9.42. The molecule has 2 aromatic rings. The topological polar surface area (TPSA) is 50.4 Å².